The molecule has 2 N–H and O–H groups in total. The van der Waals surface area contributed by atoms with E-state index in [1.54, 1.807) is 7.11 Å². The molecule has 0 aliphatic carbocycles. The number of rotatable bonds is 9. The van der Waals surface area contributed by atoms with E-state index in [0.717, 1.165) is 32.4 Å². The molecule has 1 aromatic rings. The van der Waals surface area contributed by atoms with Crippen LogP contribution in [0.15, 0.2) is 24.3 Å². The van der Waals surface area contributed by atoms with Crippen LogP contribution < -0.4 is 10.6 Å². The summed E-state index contributed by atoms with van der Waals surface area (Å²) < 4.78 is 5.29. The molecular formula is C17H30N2O. The monoisotopic (exact) mass is 278 g/mol. The Balaban J connectivity index is 3.05. The molecule has 0 bridgehead atoms. The fourth-order valence-electron chi connectivity index (χ4n) is 2.73. The van der Waals surface area contributed by atoms with E-state index in [-0.39, 0.29) is 6.04 Å². The van der Waals surface area contributed by atoms with Crippen LogP contribution in [0.5, 0.6) is 0 Å². The van der Waals surface area contributed by atoms with Crippen LogP contribution in [-0.2, 0) is 11.2 Å². The van der Waals surface area contributed by atoms with Crippen molar-refractivity contribution in [2.75, 3.05) is 25.2 Å². The molecule has 0 radical (unpaired) electrons. The number of nitrogens with two attached hydrogens (primary N) is 1. The highest BCUT2D eigenvalue weighted by molar-refractivity contribution is 5.54. The minimum absolute atomic E-state index is 0.183. The summed E-state index contributed by atoms with van der Waals surface area (Å²) in [4.78, 5) is 2.49. The van der Waals surface area contributed by atoms with Gasteiger partial charge in [-0.15, -0.1) is 0 Å². The summed E-state index contributed by atoms with van der Waals surface area (Å²) in [6.45, 7) is 8.25. The molecule has 3 heteroatoms. The summed E-state index contributed by atoms with van der Waals surface area (Å²) in [5.41, 5.74) is 8.65. The van der Waals surface area contributed by atoms with E-state index in [9.17, 15) is 0 Å². The van der Waals surface area contributed by atoms with Crippen LogP contribution in [0, 0.1) is 0 Å². The Morgan fingerprint density at radius 1 is 1.20 bits per heavy atom. The zero-order valence-corrected chi connectivity index (χ0v) is 13.4. The maximum Gasteiger partial charge on any atom is 0.0637 e. The number of para-hydroxylation sites is 1. The summed E-state index contributed by atoms with van der Waals surface area (Å²) >= 11 is 0. The number of ether oxygens (including phenoxy) is 1. The molecule has 1 aromatic carbocycles. The average molecular weight is 278 g/mol. The minimum Gasteiger partial charge on any atom is -0.383 e. The molecule has 0 aliphatic rings. The number of nitrogens with zero attached hydrogens (tertiary/aromatic N) is 1. The molecule has 3 nitrogen and oxygen atoms in total. The van der Waals surface area contributed by atoms with E-state index < -0.39 is 0 Å². The Morgan fingerprint density at radius 2 is 1.85 bits per heavy atom. The van der Waals surface area contributed by atoms with Crippen molar-refractivity contribution in [2.24, 2.45) is 5.73 Å². The van der Waals surface area contributed by atoms with Crippen LogP contribution in [0.25, 0.3) is 0 Å². The molecule has 0 fully saturated rings. The van der Waals surface area contributed by atoms with Gasteiger partial charge in [0, 0.05) is 31.4 Å². The first-order valence-corrected chi connectivity index (χ1v) is 7.73. The van der Waals surface area contributed by atoms with Gasteiger partial charge in [-0.05, 0) is 37.8 Å². The van der Waals surface area contributed by atoms with Crippen LogP contribution in [0.4, 0.5) is 5.69 Å². The number of benzene rings is 1. The van der Waals surface area contributed by atoms with Crippen molar-refractivity contribution in [2.45, 2.75) is 52.1 Å². The van der Waals surface area contributed by atoms with E-state index >= 15 is 0 Å². The Bertz CT molecular complexity index is 375. The third-order valence-corrected chi connectivity index (χ3v) is 3.76. The predicted octanol–water partition coefficient (Wildman–Crippen LogP) is 3.22. The van der Waals surface area contributed by atoms with Crippen LogP contribution in [0.3, 0.4) is 0 Å². The second kappa shape index (κ2) is 8.98. The van der Waals surface area contributed by atoms with Gasteiger partial charge in [-0.3, -0.25) is 0 Å². The first-order chi connectivity index (χ1) is 9.63. The summed E-state index contributed by atoms with van der Waals surface area (Å²) in [7, 11) is 1.76. The summed E-state index contributed by atoms with van der Waals surface area (Å²) in [5, 5.41) is 0. The van der Waals surface area contributed by atoms with E-state index in [4.69, 9.17) is 10.5 Å². The number of hydrogen-bond acceptors (Lipinski definition) is 3. The molecule has 0 saturated carbocycles. The highest BCUT2D eigenvalue weighted by atomic mass is 16.5. The van der Waals surface area contributed by atoms with E-state index in [1.165, 1.54) is 11.3 Å². The third kappa shape index (κ3) is 4.80. The lowest BCUT2D eigenvalue weighted by molar-refractivity contribution is 0.202. The highest BCUT2D eigenvalue weighted by Crippen LogP contribution is 2.25. The summed E-state index contributed by atoms with van der Waals surface area (Å²) in [5.74, 6) is 0. The fourth-order valence-corrected chi connectivity index (χ4v) is 2.73. The van der Waals surface area contributed by atoms with Gasteiger partial charge in [0.15, 0.2) is 0 Å². The molecule has 1 atom stereocenters. The van der Waals surface area contributed by atoms with Crippen LogP contribution in [0.1, 0.15) is 39.2 Å². The van der Waals surface area contributed by atoms with Crippen LogP contribution >= 0.6 is 0 Å². The van der Waals surface area contributed by atoms with Crippen molar-refractivity contribution in [1.82, 2.24) is 0 Å². The van der Waals surface area contributed by atoms with Gasteiger partial charge in [0.1, 0.15) is 0 Å². The lowest BCUT2D eigenvalue weighted by atomic mass is 10.0. The molecule has 0 saturated heterocycles. The second-order valence-corrected chi connectivity index (χ2v) is 5.47. The van der Waals surface area contributed by atoms with Crippen molar-refractivity contribution in [1.29, 1.82) is 0 Å². The summed E-state index contributed by atoms with van der Waals surface area (Å²) in [6, 6.07) is 9.36. The Hall–Kier alpha value is -1.06. The Kier molecular flexibility index (Phi) is 7.63. The third-order valence-electron chi connectivity index (χ3n) is 3.76. The lowest BCUT2D eigenvalue weighted by Gasteiger charge is -2.34. The zero-order chi connectivity index (χ0) is 15.0. The lowest BCUT2D eigenvalue weighted by Crippen LogP contribution is -2.38. The van der Waals surface area contributed by atoms with Crippen molar-refractivity contribution in [3.63, 3.8) is 0 Å². The maximum absolute atomic E-state index is 5.99. The second-order valence-electron chi connectivity index (χ2n) is 5.47. The molecule has 0 amide bonds. The van der Waals surface area contributed by atoms with E-state index in [0.29, 0.717) is 6.04 Å². The Labute approximate surface area is 124 Å². The SMILES string of the molecule is CCC(CC)N(CCOC)c1ccccc1CC(C)N. The smallest absolute Gasteiger partial charge is 0.0637 e. The highest BCUT2D eigenvalue weighted by Gasteiger charge is 2.18. The van der Waals surface area contributed by atoms with Gasteiger partial charge < -0.3 is 15.4 Å². The molecule has 1 rings (SSSR count). The normalized spacial score (nSPS) is 12.7. The fraction of sp³-hybridized carbons (Fsp3) is 0.647. The molecule has 0 aliphatic heterocycles. The van der Waals surface area contributed by atoms with E-state index in [1.807, 2.05) is 0 Å². The number of hydrogen-bond donors (Lipinski definition) is 1. The van der Waals surface area contributed by atoms with Gasteiger partial charge in [-0.25, -0.2) is 0 Å². The molecule has 114 valence electrons. The van der Waals surface area contributed by atoms with Crippen molar-refractivity contribution < 1.29 is 4.74 Å². The zero-order valence-electron chi connectivity index (χ0n) is 13.4. The van der Waals surface area contributed by atoms with Gasteiger partial charge in [-0.2, -0.15) is 0 Å². The standard InChI is InChI=1S/C17H30N2O/c1-5-16(6-2)19(11-12-20-4)17-10-8-7-9-15(17)13-14(3)18/h7-10,14,16H,5-6,11-13,18H2,1-4H3. The molecule has 0 heterocycles. The van der Waals surface area contributed by atoms with Crippen LogP contribution in [0.2, 0.25) is 0 Å². The topological polar surface area (TPSA) is 38.5 Å². The van der Waals surface area contributed by atoms with E-state index in [2.05, 4.69) is 49.9 Å². The van der Waals surface area contributed by atoms with Crippen LogP contribution in [-0.4, -0.2) is 32.3 Å². The largest absolute Gasteiger partial charge is 0.383 e. The molecule has 0 spiro atoms. The maximum atomic E-state index is 5.99. The average Bonchev–Trinajstić information content (AvgIpc) is 2.44. The first-order valence-electron chi connectivity index (χ1n) is 7.73. The minimum atomic E-state index is 0.183. The van der Waals surface area contributed by atoms with Crippen molar-refractivity contribution >= 4 is 5.69 Å². The molecule has 20 heavy (non-hydrogen) atoms. The van der Waals surface area contributed by atoms with Gasteiger partial charge in [-0.1, -0.05) is 32.0 Å². The van der Waals surface area contributed by atoms with Gasteiger partial charge >= 0.3 is 0 Å². The molecule has 0 aromatic heterocycles. The molecule has 1 unspecified atom stereocenters. The van der Waals surface area contributed by atoms with Gasteiger partial charge in [0.25, 0.3) is 0 Å². The van der Waals surface area contributed by atoms with Crippen molar-refractivity contribution in [3.8, 4) is 0 Å². The predicted molar refractivity (Wildman–Crippen MR) is 87.4 cm³/mol. The van der Waals surface area contributed by atoms with Gasteiger partial charge in [0.2, 0.25) is 0 Å². The van der Waals surface area contributed by atoms with Gasteiger partial charge in [0.05, 0.1) is 6.61 Å². The number of anilines is 1. The number of methoxy groups -OCH3 is 1. The molecular weight excluding hydrogens is 248 g/mol. The quantitative estimate of drug-likeness (QED) is 0.754. The first kappa shape index (κ1) is 17.0. The van der Waals surface area contributed by atoms with Crippen molar-refractivity contribution in [3.05, 3.63) is 29.8 Å². The summed E-state index contributed by atoms with van der Waals surface area (Å²) in [6.07, 6.45) is 3.21. The Morgan fingerprint density at radius 3 is 2.40 bits per heavy atom.